The molecular formula is C15H22N2O5S2. The van der Waals surface area contributed by atoms with Crippen molar-refractivity contribution in [1.82, 2.24) is 9.62 Å². The third-order valence-electron chi connectivity index (χ3n) is 3.92. The number of nitrogens with one attached hydrogen (secondary N) is 1. The van der Waals surface area contributed by atoms with Gasteiger partial charge >= 0.3 is 0 Å². The molecule has 0 bridgehead atoms. The van der Waals surface area contributed by atoms with Crippen molar-refractivity contribution in [2.45, 2.75) is 37.2 Å². The van der Waals surface area contributed by atoms with Crippen molar-refractivity contribution >= 4 is 25.8 Å². The summed E-state index contributed by atoms with van der Waals surface area (Å²) >= 11 is 0. The highest BCUT2D eigenvalue weighted by atomic mass is 32.2. The van der Waals surface area contributed by atoms with E-state index in [1.54, 1.807) is 0 Å². The van der Waals surface area contributed by atoms with Crippen LogP contribution >= 0.6 is 0 Å². The van der Waals surface area contributed by atoms with Gasteiger partial charge in [-0.05, 0) is 38.5 Å². The van der Waals surface area contributed by atoms with Crippen LogP contribution in [0.3, 0.4) is 0 Å². The lowest BCUT2D eigenvalue weighted by Gasteiger charge is -2.23. The maximum absolute atomic E-state index is 12.7. The topological polar surface area (TPSA) is 101 Å². The number of sulfone groups is 1. The molecule has 1 amide bonds. The third-order valence-corrected chi connectivity index (χ3v) is 7.57. The van der Waals surface area contributed by atoms with E-state index in [0.29, 0.717) is 0 Å². The molecule has 1 fully saturated rings. The molecule has 1 saturated heterocycles. The van der Waals surface area contributed by atoms with Crippen LogP contribution in [0.5, 0.6) is 0 Å². The van der Waals surface area contributed by atoms with Crippen LogP contribution in [0.4, 0.5) is 0 Å². The minimum atomic E-state index is -3.87. The zero-order valence-corrected chi connectivity index (χ0v) is 15.5. The maximum atomic E-state index is 12.7. The van der Waals surface area contributed by atoms with Crippen molar-refractivity contribution in [3.8, 4) is 0 Å². The minimum Gasteiger partial charge on any atom is -0.350 e. The molecule has 0 saturated carbocycles. The average Bonchev–Trinajstić information content (AvgIpc) is 2.86. The minimum absolute atomic E-state index is 0.00559. The van der Waals surface area contributed by atoms with E-state index < -0.39 is 25.9 Å². The number of rotatable bonds is 5. The molecule has 9 heteroatoms. The normalized spacial score (nSPS) is 20.5. The predicted octanol–water partition coefficient (Wildman–Crippen LogP) is 0.632. The number of amides is 1. The Bertz CT molecular complexity index is 831. The molecule has 1 unspecified atom stereocenters. The number of carbonyl (C=O) groups is 1. The molecule has 0 aliphatic carbocycles. The van der Waals surface area contributed by atoms with Gasteiger partial charge in [0.05, 0.1) is 16.4 Å². The highest BCUT2D eigenvalue weighted by Crippen LogP contribution is 2.24. The lowest BCUT2D eigenvalue weighted by Crippen LogP contribution is -2.38. The quantitative estimate of drug-likeness (QED) is 0.815. The van der Waals surface area contributed by atoms with E-state index >= 15 is 0 Å². The highest BCUT2D eigenvalue weighted by molar-refractivity contribution is 7.92. The van der Waals surface area contributed by atoms with Gasteiger partial charge in [0.15, 0.2) is 9.84 Å². The van der Waals surface area contributed by atoms with E-state index in [9.17, 15) is 21.6 Å². The van der Waals surface area contributed by atoms with E-state index in [-0.39, 0.29) is 40.3 Å². The number of benzene rings is 1. The molecule has 0 aromatic heterocycles. The monoisotopic (exact) mass is 374 g/mol. The standard InChI is InChI=1S/C15H22N2O5S2/c1-11(2)16-15(18)12-5-4-6-14(9-12)24(21,22)17(3)13-7-8-23(19,20)10-13/h4-6,9,11,13H,7-8,10H2,1-3H3,(H,16,18). The van der Waals surface area contributed by atoms with Crippen LogP contribution in [0.2, 0.25) is 0 Å². The van der Waals surface area contributed by atoms with Crippen LogP contribution in [0, 0.1) is 0 Å². The van der Waals surface area contributed by atoms with Gasteiger partial charge in [-0.15, -0.1) is 0 Å². The summed E-state index contributed by atoms with van der Waals surface area (Å²) in [5.41, 5.74) is 0.247. The van der Waals surface area contributed by atoms with E-state index in [0.717, 1.165) is 4.31 Å². The molecule has 7 nitrogen and oxygen atoms in total. The van der Waals surface area contributed by atoms with Gasteiger partial charge in [0.25, 0.3) is 5.91 Å². The van der Waals surface area contributed by atoms with Crippen molar-refractivity contribution in [3.63, 3.8) is 0 Å². The van der Waals surface area contributed by atoms with Gasteiger partial charge in [-0.1, -0.05) is 6.07 Å². The van der Waals surface area contributed by atoms with Gasteiger partial charge in [0.2, 0.25) is 10.0 Å². The molecule has 1 heterocycles. The van der Waals surface area contributed by atoms with Crippen LogP contribution in [0.1, 0.15) is 30.6 Å². The number of hydrogen-bond acceptors (Lipinski definition) is 5. The highest BCUT2D eigenvalue weighted by Gasteiger charge is 2.36. The third kappa shape index (κ3) is 4.14. The Morgan fingerprint density at radius 1 is 1.33 bits per heavy atom. The van der Waals surface area contributed by atoms with E-state index in [4.69, 9.17) is 0 Å². The predicted molar refractivity (Wildman–Crippen MR) is 91.1 cm³/mol. The second-order valence-corrected chi connectivity index (χ2v) is 10.5. The number of sulfonamides is 1. The van der Waals surface area contributed by atoms with Crippen molar-refractivity contribution in [3.05, 3.63) is 29.8 Å². The molecule has 1 aliphatic rings. The molecule has 1 aliphatic heterocycles. The first-order valence-electron chi connectivity index (χ1n) is 7.62. The van der Waals surface area contributed by atoms with E-state index in [2.05, 4.69) is 5.32 Å². The Kier molecular flexibility index (Phi) is 5.36. The number of carbonyl (C=O) groups excluding carboxylic acids is 1. The Morgan fingerprint density at radius 2 is 2.00 bits per heavy atom. The summed E-state index contributed by atoms with van der Waals surface area (Å²) in [5, 5.41) is 2.71. The van der Waals surface area contributed by atoms with Crippen LogP contribution in [0.15, 0.2) is 29.2 Å². The van der Waals surface area contributed by atoms with Gasteiger partial charge in [-0.3, -0.25) is 4.79 Å². The summed E-state index contributed by atoms with van der Waals surface area (Å²) in [4.78, 5) is 12.0. The van der Waals surface area contributed by atoms with Gasteiger partial charge in [0.1, 0.15) is 0 Å². The van der Waals surface area contributed by atoms with Crippen molar-refractivity contribution in [2.24, 2.45) is 0 Å². The second kappa shape index (κ2) is 6.81. The van der Waals surface area contributed by atoms with Crippen molar-refractivity contribution in [2.75, 3.05) is 18.6 Å². The summed E-state index contributed by atoms with van der Waals surface area (Å²) in [7, 11) is -5.68. The lowest BCUT2D eigenvalue weighted by atomic mass is 10.2. The fraction of sp³-hybridized carbons (Fsp3) is 0.533. The van der Waals surface area contributed by atoms with E-state index in [1.807, 2.05) is 13.8 Å². The zero-order chi connectivity index (χ0) is 18.1. The number of nitrogens with zero attached hydrogens (tertiary/aromatic N) is 1. The summed E-state index contributed by atoms with van der Waals surface area (Å²) < 4.78 is 49.7. The Morgan fingerprint density at radius 3 is 2.54 bits per heavy atom. The Balaban J connectivity index is 2.28. The van der Waals surface area contributed by atoms with Gasteiger partial charge in [-0.25, -0.2) is 16.8 Å². The van der Waals surface area contributed by atoms with Crippen LogP contribution in [-0.4, -0.2) is 57.7 Å². The van der Waals surface area contributed by atoms with Crippen LogP contribution in [-0.2, 0) is 19.9 Å². The summed E-state index contributed by atoms with van der Waals surface area (Å²) in [6, 6.07) is 5.12. The molecule has 0 radical (unpaired) electrons. The maximum Gasteiger partial charge on any atom is 0.251 e. The SMILES string of the molecule is CC(C)NC(=O)c1cccc(S(=O)(=O)N(C)C2CCS(=O)(=O)C2)c1. The summed E-state index contributed by atoms with van der Waals surface area (Å²) in [6.07, 6.45) is 0.283. The molecule has 0 spiro atoms. The summed E-state index contributed by atoms with van der Waals surface area (Å²) in [6.45, 7) is 3.62. The van der Waals surface area contributed by atoms with Crippen LogP contribution in [0.25, 0.3) is 0 Å². The fourth-order valence-electron chi connectivity index (χ4n) is 2.57. The number of hydrogen-bond donors (Lipinski definition) is 1. The first kappa shape index (κ1) is 18.9. The van der Waals surface area contributed by atoms with E-state index in [1.165, 1.54) is 31.3 Å². The second-order valence-electron chi connectivity index (χ2n) is 6.23. The Hall–Kier alpha value is -1.45. The Labute approximate surface area is 143 Å². The fourth-order valence-corrected chi connectivity index (χ4v) is 5.87. The first-order valence-corrected chi connectivity index (χ1v) is 10.9. The van der Waals surface area contributed by atoms with Crippen molar-refractivity contribution < 1.29 is 21.6 Å². The molecule has 134 valence electrons. The van der Waals surface area contributed by atoms with Crippen LogP contribution < -0.4 is 5.32 Å². The zero-order valence-electron chi connectivity index (χ0n) is 13.9. The molecule has 1 aromatic rings. The largest absolute Gasteiger partial charge is 0.350 e. The summed E-state index contributed by atoms with van der Waals surface area (Å²) in [5.74, 6) is -0.530. The molecule has 1 N–H and O–H groups in total. The van der Waals surface area contributed by atoms with Gasteiger partial charge < -0.3 is 5.32 Å². The molecular weight excluding hydrogens is 352 g/mol. The van der Waals surface area contributed by atoms with Gasteiger partial charge in [-0.2, -0.15) is 4.31 Å². The van der Waals surface area contributed by atoms with Crippen molar-refractivity contribution in [1.29, 1.82) is 0 Å². The smallest absolute Gasteiger partial charge is 0.251 e. The first-order chi connectivity index (χ1) is 11.0. The average molecular weight is 374 g/mol. The molecule has 24 heavy (non-hydrogen) atoms. The molecule has 1 aromatic carbocycles. The molecule has 1 atom stereocenters. The lowest BCUT2D eigenvalue weighted by molar-refractivity contribution is 0.0943. The van der Waals surface area contributed by atoms with Gasteiger partial charge in [0, 0.05) is 24.7 Å². The molecule has 2 rings (SSSR count).